The predicted molar refractivity (Wildman–Crippen MR) is 297 cm³/mol. The first-order valence-electron chi connectivity index (χ1n) is 24.1. The van der Waals surface area contributed by atoms with Crippen molar-refractivity contribution < 1.29 is 4.42 Å². The van der Waals surface area contributed by atoms with E-state index in [4.69, 9.17) is 4.42 Å². The summed E-state index contributed by atoms with van der Waals surface area (Å²) in [4.78, 5) is 7.73. The van der Waals surface area contributed by atoms with E-state index in [1.807, 2.05) is 22.7 Å². The van der Waals surface area contributed by atoms with E-state index < -0.39 is 0 Å². The maximum absolute atomic E-state index is 7.42. The van der Waals surface area contributed by atoms with Gasteiger partial charge in [0.2, 0.25) is 0 Å². The van der Waals surface area contributed by atoms with E-state index in [1.54, 1.807) is 0 Å². The van der Waals surface area contributed by atoms with Crippen LogP contribution in [0.4, 0.5) is 34.1 Å². The summed E-state index contributed by atoms with van der Waals surface area (Å²) in [5.74, 6) is 0. The highest BCUT2D eigenvalue weighted by atomic mass is 32.1. The SMILES string of the molecule is Cc1cc(C(C)(C)C)cc(C)c1N1c2cc(C(C)(C)C)cc3c2B(c2ccc(-c4cc5ccccc5s4)cc2N3c2cccc(-c3cc4ccccc4s3)c2)c2oc3ccc(C(C)(C)C)cc3c21. The Labute approximate surface area is 409 Å². The zero-order valence-electron chi connectivity index (χ0n) is 41.1. The van der Waals surface area contributed by atoms with Crippen LogP contribution in [0.1, 0.15) is 90.1 Å². The Morgan fingerprint density at radius 1 is 0.471 bits per heavy atom. The fourth-order valence-electron chi connectivity index (χ4n) is 10.8. The van der Waals surface area contributed by atoms with E-state index in [0.717, 1.165) is 28.0 Å². The molecule has 10 aromatic rings. The van der Waals surface area contributed by atoms with Crippen molar-refractivity contribution in [3.8, 4) is 20.9 Å². The van der Waals surface area contributed by atoms with Crippen LogP contribution in [0, 0.1) is 13.8 Å². The van der Waals surface area contributed by atoms with Gasteiger partial charge in [-0.25, -0.2) is 0 Å². The summed E-state index contributed by atoms with van der Waals surface area (Å²) in [6.45, 7) is 25.4. The van der Waals surface area contributed by atoms with E-state index >= 15 is 0 Å². The van der Waals surface area contributed by atoms with Gasteiger partial charge in [-0.15, -0.1) is 22.7 Å². The molecule has 0 atom stereocenters. The Morgan fingerprint density at radius 3 is 1.65 bits per heavy atom. The molecule has 5 heterocycles. The number of fused-ring (bicyclic) bond motifs is 8. The molecule has 336 valence electrons. The molecule has 0 saturated carbocycles. The Hall–Kier alpha value is -6.34. The van der Waals surface area contributed by atoms with Gasteiger partial charge >= 0.3 is 0 Å². The van der Waals surface area contributed by atoms with E-state index in [2.05, 4.69) is 232 Å². The third kappa shape index (κ3) is 6.81. The molecule has 68 heavy (non-hydrogen) atoms. The summed E-state index contributed by atoms with van der Waals surface area (Å²) in [5.41, 5.74) is 20.2. The fraction of sp³-hybridized carbons (Fsp3) is 0.226. The zero-order valence-corrected chi connectivity index (χ0v) is 42.7. The number of hydrogen-bond acceptors (Lipinski definition) is 5. The molecule has 0 bridgehead atoms. The van der Waals surface area contributed by atoms with Crippen molar-refractivity contribution in [1.29, 1.82) is 0 Å². The molecule has 3 nitrogen and oxygen atoms in total. The summed E-state index contributed by atoms with van der Waals surface area (Å²) in [5, 5.41) is 3.71. The van der Waals surface area contributed by atoms with Crippen LogP contribution in [0.15, 0.2) is 150 Å². The number of hydrogen-bond donors (Lipinski definition) is 0. The molecule has 7 aromatic carbocycles. The van der Waals surface area contributed by atoms with E-state index in [9.17, 15) is 0 Å². The van der Waals surface area contributed by atoms with Crippen molar-refractivity contribution in [2.45, 2.75) is 92.4 Å². The number of furan rings is 1. The molecule has 12 rings (SSSR count). The average Bonchev–Trinajstić information content (AvgIpc) is 4.04. The fourth-order valence-corrected chi connectivity index (χ4v) is 12.9. The first-order valence-corrected chi connectivity index (χ1v) is 25.7. The molecule has 0 radical (unpaired) electrons. The molecule has 0 aliphatic carbocycles. The van der Waals surface area contributed by atoms with Crippen molar-refractivity contribution >= 4 is 111 Å². The normalized spacial score (nSPS) is 13.7. The number of thiophene rings is 2. The van der Waals surface area contributed by atoms with Crippen molar-refractivity contribution in [3.63, 3.8) is 0 Å². The van der Waals surface area contributed by atoms with Crippen LogP contribution in [-0.4, -0.2) is 6.71 Å². The molecular formula is C62H57BN2OS2. The minimum Gasteiger partial charge on any atom is -0.468 e. The first-order chi connectivity index (χ1) is 32.4. The highest BCUT2D eigenvalue weighted by Gasteiger charge is 2.48. The lowest BCUT2D eigenvalue weighted by atomic mass is 9.35. The topological polar surface area (TPSA) is 19.6 Å². The maximum atomic E-state index is 7.42. The number of rotatable bonds is 4. The highest BCUT2D eigenvalue weighted by molar-refractivity contribution is 7.22. The molecule has 0 unspecified atom stereocenters. The minimum absolute atomic E-state index is 0.00471. The molecule has 0 saturated heterocycles. The third-order valence-electron chi connectivity index (χ3n) is 14.5. The third-order valence-corrected chi connectivity index (χ3v) is 16.8. The molecular weight excluding hydrogens is 864 g/mol. The Balaban J connectivity index is 1.19. The lowest BCUT2D eigenvalue weighted by Gasteiger charge is -2.44. The summed E-state index contributed by atoms with van der Waals surface area (Å²) in [6.07, 6.45) is 0. The van der Waals surface area contributed by atoms with Gasteiger partial charge in [-0.1, -0.05) is 141 Å². The smallest absolute Gasteiger partial charge is 0.297 e. The number of benzene rings is 7. The average molecular weight is 921 g/mol. The van der Waals surface area contributed by atoms with Crippen LogP contribution in [0.5, 0.6) is 0 Å². The second kappa shape index (κ2) is 15.1. The Kier molecular flexibility index (Phi) is 9.53. The maximum Gasteiger partial charge on any atom is 0.297 e. The first kappa shape index (κ1) is 43.0. The summed E-state index contributed by atoms with van der Waals surface area (Å²) < 4.78 is 10.0. The van der Waals surface area contributed by atoms with Crippen molar-refractivity contribution in [2.75, 3.05) is 9.80 Å². The van der Waals surface area contributed by atoms with Gasteiger partial charge in [0.1, 0.15) is 5.58 Å². The molecule has 2 aliphatic rings. The lowest BCUT2D eigenvalue weighted by molar-refractivity contribution is 0.589. The number of nitrogens with zero attached hydrogens (tertiary/aromatic N) is 2. The van der Waals surface area contributed by atoms with Gasteiger partial charge < -0.3 is 14.2 Å². The van der Waals surface area contributed by atoms with E-state index in [0.29, 0.717) is 0 Å². The molecule has 0 amide bonds. The van der Waals surface area contributed by atoms with E-state index in [1.165, 1.54) is 103 Å². The molecule has 0 spiro atoms. The molecule has 0 N–H and O–H groups in total. The summed E-state index contributed by atoms with van der Waals surface area (Å²) in [7, 11) is 0. The van der Waals surface area contributed by atoms with Gasteiger partial charge in [0.25, 0.3) is 6.71 Å². The second-order valence-electron chi connectivity index (χ2n) is 22.4. The van der Waals surface area contributed by atoms with Gasteiger partial charge in [-0.2, -0.15) is 0 Å². The monoisotopic (exact) mass is 920 g/mol. The van der Waals surface area contributed by atoms with E-state index in [-0.39, 0.29) is 23.0 Å². The standard InChI is InChI=1S/C62H57BN2OS2/c1-36-27-43(61(6,7)8)28-37(2)57(36)65-50-35-44(62(9,10)11)34-49-56(50)63(59-58(65)46-33-42(60(3,4)5)24-26-51(46)66-59)47-25-23-41(55-32-40-18-13-15-22-53(40)68-55)30-48(47)64(49)45-20-16-19-38(29-45)54-31-39-17-12-14-21-52(39)67-54/h12-35H,1-11H3. The van der Waals surface area contributed by atoms with Crippen molar-refractivity contribution in [3.05, 3.63) is 173 Å². The molecule has 3 aromatic heterocycles. The van der Waals surface area contributed by atoms with Crippen molar-refractivity contribution in [2.24, 2.45) is 0 Å². The lowest BCUT2D eigenvalue weighted by Crippen LogP contribution is -2.61. The Morgan fingerprint density at radius 2 is 1.04 bits per heavy atom. The summed E-state index contributed by atoms with van der Waals surface area (Å²) in [6, 6.07) is 55.4. The van der Waals surface area contributed by atoms with Crippen LogP contribution in [0.25, 0.3) is 52.0 Å². The largest absolute Gasteiger partial charge is 0.468 e. The van der Waals surface area contributed by atoms with Crippen LogP contribution in [0.3, 0.4) is 0 Å². The molecule has 6 heteroatoms. The molecule has 0 fully saturated rings. The molecule has 2 aliphatic heterocycles. The van der Waals surface area contributed by atoms with Gasteiger partial charge in [-0.3, -0.25) is 0 Å². The Bertz CT molecular complexity index is 3610. The van der Waals surface area contributed by atoms with Gasteiger partial charge in [0.15, 0.2) is 0 Å². The highest BCUT2D eigenvalue weighted by Crippen LogP contribution is 2.51. The quantitative estimate of drug-likeness (QED) is 0.164. The minimum atomic E-state index is -0.159. The van der Waals surface area contributed by atoms with Gasteiger partial charge in [-0.05, 0) is 157 Å². The summed E-state index contributed by atoms with van der Waals surface area (Å²) >= 11 is 3.73. The number of anilines is 6. The second-order valence-corrected chi connectivity index (χ2v) is 24.6. The zero-order chi connectivity index (χ0) is 47.2. The van der Waals surface area contributed by atoms with Gasteiger partial charge in [0.05, 0.1) is 17.0 Å². The van der Waals surface area contributed by atoms with Crippen molar-refractivity contribution in [1.82, 2.24) is 0 Å². The van der Waals surface area contributed by atoms with Crippen LogP contribution in [-0.2, 0) is 16.2 Å². The predicted octanol–water partition coefficient (Wildman–Crippen LogP) is 16.8. The van der Waals surface area contributed by atoms with Crippen LogP contribution < -0.4 is 26.4 Å². The number of aryl methyl sites for hydroxylation is 2. The van der Waals surface area contributed by atoms with Gasteiger partial charge in [0, 0.05) is 47.3 Å². The van der Waals surface area contributed by atoms with Crippen LogP contribution in [0.2, 0.25) is 0 Å². The van der Waals surface area contributed by atoms with Crippen LogP contribution >= 0.6 is 22.7 Å².